The fraction of sp³-hybridized carbons (Fsp3) is 0.364. The van der Waals surface area contributed by atoms with Crippen LogP contribution in [0.4, 0.5) is 5.69 Å². The summed E-state index contributed by atoms with van der Waals surface area (Å²) in [5.74, 6) is 0. The fourth-order valence-corrected chi connectivity index (χ4v) is 7.75. The molecule has 1 aromatic rings. The molecule has 2 saturated heterocycles. The molecule has 0 aromatic heterocycles. The molecule has 0 amide bonds. The average molecular weight is 699 g/mol. The normalized spacial score (nSPS) is 25.4. The summed E-state index contributed by atoms with van der Waals surface area (Å²) in [6, 6.07) is 9.32. The van der Waals surface area contributed by atoms with Crippen LogP contribution in [-0.4, -0.2) is 65.4 Å². The van der Waals surface area contributed by atoms with Crippen molar-refractivity contribution < 1.29 is 30.7 Å². The Morgan fingerprint density at radius 2 is 2.07 bits per heavy atom. The Bertz CT molecular complexity index is 1270. The van der Waals surface area contributed by atoms with Gasteiger partial charge in [0, 0.05) is 18.8 Å². The van der Waals surface area contributed by atoms with Crippen LogP contribution in [0.25, 0.3) is 0 Å². The molecule has 2 fully saturated rings. The second-order valence-corrected chi connectivity index (χ2v) is 15.2. The molecule has 5 rings (SSSR count). The number of ether oxygens (including phenoxy) is 2. The number of nitrogens with one attached hydrogen (secondary N) is 4. The third-order valence-electron chi connectivity index (χ3n) is 6.90. The quantitative estimate of drug-likeness (QED) is 0.0283. The number of nitrogens with two attached hydrogens (primary N) is 1. The third kappa shape index (κ3) is 11.3. The topological polar surface area (TPSA) is 106 Å². The molecule has 0 saturated carbocycles. The van der Waals surface area contributed by atoms with Gasteiger partial charge in [-0.15, -0.1) is 0 Å². The Kier molecular flexibility index (Phi) is 12.0. The summed E-state index contributed by atoms with van der Waals surface area (Å²) in [6.07, 6.45) is 22.4. The van der Waals surface area contributed by atoms with E-state index in [1.165, 1.54) is 15.0 Å². The maximum atomic E-state index is 6.39. The van der Waals surface area contributed by atoms with E-state index in [0.717, 1.165) is 43.3 Å². The summed E-state index contributed by atoms with van der Waals surface area (Å²) >= 11 is 0.116. The van der Waals surface area contributed by atoms with E-state index < -0.39 is 0 Å². The standard InChI is InChI=1S/C33H42IN5O2P/c1-2-32(4-3-17-40-22-30-21-38-30)42-33-15-13-27(14-16-33)37-20-25(35)19-36-26-9-11-29(12-10-26)39-28-7-5-24(6-8-28)34-18-31-23-41-31/h2-7,9-11,13-17,24-25,29-31,36-39,42H,1,12,18-23,35H2/q-1. The Balaban J connectivity index is 0.960. The second kappa shape index (κ2) is 16.3. The van der Waals surface area contributed by atoms with Gasteiger partial charge in [-0.2, -0.15) is 0 Å². The first kappa shape index (κ1) is 30.9. The van der Waals surface area contributed by atoms with E-state index in [1.54, 1.807) is 6.26 Å². The van der Waals surface area contributed by atoms with Gasteiger partial charge in [0.05, 0.1) is 12.3 Å². The summed E-state index contributed by atoms with van der Waals surface area (Å²) < 4.78 is 12.7. The van der Waals surface area contributed by atoms with Crippen LogP contribution < -0.4 is 53.5 Å². The molecule has 6 unspecified atom stereocenters. The van der Waals surface area contributed by atoms with Crippen LogP contribution in [0.15, 0.2) is 114 Å². The van der Waals surface area contributed by atoms with Crippen LogP contribution in [0.1, 0.15) is 6.42 Å². The van der Waals surface area contributed by atoms with Crippen molar-refractivity contribution in [2.24, 2.45) is 5.73 Å². The number of benzene rings is 1. The van der Waals surface area contributed by atoms with Crippen LogP contribution in [0, 0.1) is 0 Å². The Labute approximate surface area is 262 Å². The number of allylic oxidation sites excluding steroid dienone is 7. The van der Waals surface area contributed by atoms with Crippen LogP contribution in [0.5, 0.6) is 0 Å². The van der Waals surface area contributed by atoms with Crippen LogP contribution in [0.2, 0.25) is 0 Å². The van der Waals surface area contributed by atoms with E-state index in [9.17, 15) is 0 Å². The van der Waals surface area contributed by atoms with Gasteiger partial charge >= 0.3 is 136 Å². The summed E-state index contributed by atoms with van der Waals surface area (Å²) in [4.78, 5) is 0. The van der Waals surface area contributed by atoms with Crippen molar-refractivity contribution in [3.05, 3.63) is 114 Å². The van der Waals surface area contributed by atoms with Gasteiger partial charge in [-0.3, -0.25) is 0 Å². The Morgan fingerprint density at radius 3 is 2.76 bits per heavy atom. The molecular weight excluding hydrogens is 656 g/mol. The van der Waals surface area contributed by atoms with Crippen molar-refractivity contribution in [3.8, 4) is 0 Å². The Morgan fingerprint density at radius 1 is 1.24 bits per heavy atom. The minimum Gasteiger partial charge on any atom is -0.0524 e. The first-order valence-electron chi connectivity index (χ1n) is 14.6. The van der Waals surface area contributed by atoms with Crippen molar-refractivity contribution >= 4 is 19.6 Å². The predicted octanol–water partition coefficient (Wildman–Crippen LogP) is 0.158. The molecule has 7 nitrogen and oxygen atoms in total. The number of hydrogen-bond acceptors (Lipinski definition) is 7. The monoisotopic (exact) mass is 698 g/mol. The van der Waals surface area contributed by atoms with Crippen molar-refractivity contribution in [2.75, 3.05) is 42.6 Å². The molecule has 9 heteroatoms. The van der Waals surface area contributed by atoms with Gasteiger partial charge < -0.3 is 21.1 Å². The van der Waals surface area contributed by atoms with Gasteiger partial charge in [-0.05, 0) is 28.8 Å². The summed E-state index contributed by atoms with van der Waals surface area (Å²) in [6.45, 7) is 8.09. The summed E-state index contributed by atoms with van der Waals surface area (Å²) in [7, 11) is 0.542. The number of halogens is 1. The maximum absolute atomic E-state index is 6.39. The zero-order chi connectivity index (χ0) is 29.0. The van der Waals surface area contributed by atoms with Gasteiger partial charge in [0.25, 0.3) is 0 Å². The zero-order valence-electron chi connectivity index (χ0n) is 23.9. The van der Waals surface area contributed by atoms with Crippen LogP contribution in [0.3, 0.4) is 0 Å². The fourth-order valence-electron chi connectivity index (χ4n) is 4.20. The van der Waals surface area contributed by atoms with E-state index in [1.807, 2.05) is 12.2 Å². The number of epoxide rings is 1. The van der Waals surface area contributed by atoms with Crippen LogP contribution >= 0.6 is 8.58 Å². The van der Waals surface area contributed by atoms with Crippen LogP contribution in [-0.2, 0) is 9.47 Å². The summed E-state index contributed by atoms with van der Waals surface area (Å²) in [5, 5.41) is 16.2. The van der Waals surface area contributed by atoms with Gasteiger partial charge in [0.15, 0.2) is 0 Å². The number of hydrogen-bond donors (Lipinski definition) is 5. The average Bonchev–Trinajstić information content (AvgIpc) is 3.95. The van der Waals surface area contributed by atoms with E-state index in [0.29, 0.717) is 37.7 Å². The molecule has 4 aliphatic rings. The summed E-state index contributed by atoms with van der Waals surface area (Å²) in [5.41, 5.74) is 13.1. The Hall–Kier alpha value is -2.58. The zero-order valence-corrected chi connectivity index (χ0v) is 27.1. The first-order chi connectivity index (χ1) is 20.6. The largest absolute Gasteiger partial charge is 0.0524 e. The minimum absolute atomic E-state index is 0.0124. The molecule has 2 aliphatic carbocycles. The van der Waals surface area contributed by atoms with E-state index in [2.05, 4.69) is 100 Å². The second-order valence-electron chi connectivity index (χ2n) is 10.6. The molecule has 2 aliphatic heterocycles. The third-order valence-corrected chi connectivity index (χ3v) is 11.5. The number of rotatable bonds is 18. The number of anilines is 1. The molecule has 6 N–H and O–H groups in total. The molecule has 2 heterocycles. The number of alkyl halides is 2. The van der Waals surface area contributed by atoms with E-state index in [4.69, 9.17) is 15.2 Å². The first-order valence-corrected chi connectivity index (χ1v) is 18.3. The van der Waals surface area contributed by atoms with E-state index in [-0.39, 0.29) is 33.3 Å². The van der Waals surface area contributed by atoms with Crippen molar-refractivity contribution in [1.29, 1.82) is 0 Å². The minimum atomic E-state index is -0.0124. The smallest absolute Gasteiger partial charge is 0.0383 e. The molecular formula is C33H42IN5O2P-. The molecule has 0 bridgehead atoms. The van der Waals surface area contributed by atoms with Crippen molar-refractivity contribution in [1.82, 2.24) is 16.0 Å². The van der Waals surface area contributed by atoms with E-state index >= 15 is 0 Å². The predicted molar refractivity (Wildman–Crippen MR) is 172 cm³/mol. The molecule has 1 aromatic carbocycles. The van der Waals surface area contributed by atoms with Crippen molar-refractivity contribution in [2.45, 2.75) is 34.6 Å². The van der Waals surface area contributed by atoms with Gasteiger partial charge in [0.1, 0.15) is 6.61 Å². The SMILES string of the molecule is C=CC(=CC=COCC1CN1)Pc1ccc(NCC(N)CNC2=CCC(NC3=C=CC([I-]CC4CO4)C=C3)C=C2)cc1. The maximum Gasteiger partial charge on any atom is -0.0383 e. The van der Waals surface area contributed by atoms with Gasteiger partial charge in [-0.1, -0.05) is 39.4 Å². The molecule has 6 atom stereocenters. The molecule has 42 heavy (non-hydrogen) atoms. The molecule has 224 valence electrons. The molecule has 0 spiro atoms. The van der Waals surface area contributed by atoms with Gasteiger partial charge in [0.2, 0.25) is 0 Å². The van der Waals surface area contributed by atoms with Gasteiger partial charge in [-0.25, -0.2) is 0 Å². The molecule has 0 radical (unpaired) electrons. The van der Waals surface area contributed by atoms with Crippen molar-refractivity contribution in [3.63, 3.8) is 0 Å².